The number of nitrogens with one attached hydrogen (secondary N) is 1. The number of ketones is 1. The number of nitrogens with zero attached hydrogens (tertiary/aromatic N) is 1. The Kier molecular flexibility index (Phi) is 4.73. The number of halogens is 1. The van der Waals surface area contributed by atoms with Gasteiger partial charge in [0.05, 0.1) is 0 Å². The lowest BCUT2D eigenvalue weighted by molar-refractivity contribution is -0.116. The molecule has 0 fully saturated rings. The highest BCUT2D eigenvalue weighted by Crippen LogP contribution is 2.42. The molecular formula is C23H25FN2O. The minimum absolute atomic E-state index is 0.192. The molecule has 1 N–H and O–H groups in total. The fourth-order valence-corrected chi connectivity index (χ4v) is 4.34. The van der Waals surface area contributed by atoms with Crippen LogP contribution in [-0.4, -0.2) is 18.9 Å². The summed E-state index contributed by atoms with van der Waals surface area (Å²) >= 11 is 0. The highest BCUT2D eigenvalue weighted by molar-refractivity contribution is 5.79. The Morgan fingerprint density at radius 2 is 2.15 bits per heavy atom. The van der Waals surface area contributed by atoms with E-state index in [1.165, 1.54) is 16.9 Å². The summed E-state index contributed by atoms with van der Waals surface area (Å²) in [5.74, 6) is 0.216. The molecule has 2 aliphatic rings. The maximum atomic E-state index is 13.6. The van der Waals surface area contributed by atoms with Crippen LogP contribution in [0.1, 0.15) is 42.9 Å². The van der Waals surface area contributed by atoms with E-state index in [-0.39, 0.29) is 17.5 Å². The number of carbonyl (C=O) groups excluding carboxylic acids is 1. The monoisotopic (exact) mass is 364 g/mol. The maximum absolute atomic E-state index is 13.6. The van der Waals surface area contributed by atoms with Gasteiger partial charge in [0.15, 0.2) is 0 Å². The maximum Gasteiger partial charge on any atom is 0.134 e. The number of hydrogen-bond acceptors (Lipinski definition) is 3. The average Bonchev–Trinajstić information content (AvgIpc) is 3.22. The number of fused-ring (bicyclic) bond motifs is 2. The SMILES string of the molecule is CC/C=C(\C1CNc2cc(F)ccc21)N1CCc2cc(CC(C)=O)ccc21. The second-order valence-corrected chi connectivity index (χ2v) is 7.45. The topological polar surface area (TPSA) is 32.3 Å². The largest absolute Gasteiger partial charge is 0.384 e. The van der Waals surface area contributed by atoms with Crippen LogP contribution in [0.4, 0.5) is 15.8 Å². The highest BCUT2D eigenvalue weighted by Gasteiger charge is 2.32. The van der Waals surface area contributed by atoms with Gasteiger partial charge in [0.2, 0.25) is 0 Å². The molecule has 1 unspecified atom stereocenters. The summed E-state index contributed by atoms with van der Waals surface area (Å²) in [6.45, 7) is 5.52. The molecule has 0 spiro atoms. The number of hydrogen-bond donors (Lipinski definition) is 1. The van der Waals surface area contributed by atoms with Crippen LogP contribution in [0.25, 0.3) is 0 Å². The summed E-state index contributed by atoms with van der Waals surface area (Å²) in [6, 6.07) is 11.4. The van der Waals surface area contributed by atoms with E-state index in [9.17, 15) is 9.18 Å². The standard InChI is InChI=1S/C23H25FN2O/c1-3-4-23(20-14-25-21-13-18(24)6-7-19(20)21)26-10-9-17-12-16(11-15(2)27)5-8-22(17)26/h4-8,12-13,20,25H,3,9-11,14H2,1-2H3/b23-4+. The zero-order valence-corrected chi connectivity index (χ0v) is 15.9. The molecule has 2 heterocycles. The van der Waals surface area contributed by atoms with Gasteiger partial charge in [-0.15, -0.1) is 0 Å². The fraction of sp³-hybridized carbons (Fsp3) is 0.348. The summed E-state index contributed by atoms with van der Waals surface area (Å²) in [6.07, 6.45) is 4.73. The molecule has 2 aliphatic heterocycles. The predicted octanol–water partition coefficient (Wildman–Crippen LogP) is 4.82. The van der Waals surface area contributed by atoms with Crippen LogP contribution in [0.3, 0.4) is 0 Å². The van der Waals surface area contributed by atoms with Crippen molar-refractivity contribution in [1.29, 1.82) is 0 Å². The molecule has 2 aromatic carbocycles. The van der Waals surface area contributed by atoms with Crippen molar-refractivity contribution in [2.24, 2.45) is 0 Å². The van der Waals surface area contributed by atoms with E-state index in [1.54, 1.807) is 19.1 Å². The van der Waals surface area contributed by atoms with Gasteiger partial charge in [-0.1, -0.05) is 31.2 Å². The average molecular weight is 364 g/mol. The molecule has 1 atom stereocenters. The van der Waals surface area contributed by atoms with Crippen molar-refractivity contribution in [3.63, 3.8) is 0 Å². The first-order valence-electron chi connectivity index (χ1n) is 9.69. The molecule has 140 valence electrons. The molecule has 27 heavy (non-hydrogen) atoms. The van der Waals surface area contributed by atoms with Crippen molar-refractivity contribution >= 4 is 17.2 Å². The number of benzene rings is 2. The van der Waals surface area contributed by atoms with Crippen LogP contribution in [0, 0.1) is 5.82 Å². The van der Waals surface area contributed by atoms with E-state index in [0.29, 0.717) is 6.42 Å². The quantitative estimate of drug-likeness (QED) is 0.825. The summed E-state index contributed by atoms with van der Waals surface area (Å²) in [5.41, 5.74) is 6.98. The van der Waals surface area contributed by atoms with Crippen LogP contribution in [0.2, 0.25) is 0 Å². The van der Waals surface area contributed by atoms with Crippen LogP contribution >= 0.6 is 0 Å². The van der Waals surface area contributed by atoms with E-state index < -0.39 is 0 Å². The van der Waals surface area contributed by atoms with Gasteiger partial charge in [0.1, 0.15) is 11.6 Å². The third-order valence-corrected chi connectivity index (χ3v) is 5.46. The van der Waals surface area contributed by atoms with Crippen molar-refractivity contribution in [2.45, 2.75) is 39.0 Å². The number of anilines is 2. The lowest BCUT2D eigenvalue weighted by Crippen LogP contribution is -2.25. The number of Topliss-reactive ketones (excluding diaryl/α,β-unsaturated/α-hetero) is 1. The smallest absolute Gasteiger partial charge is 0.134 e. The predicted molar refractivity (Wildman–Crippen MR) is 108 cm³/mol. The molecule has 0 saturated carbocycles. The Labute approximate surface area is 159 Å². The van der Waals surface area contributed by atoms with Gasteiger partial charge in [-0.3, -0.25) is 4.79 Å². The molecule has 4 heteroatoms. The molecule has 0 aromatic heterocycles. The van der Waals surface area contributed by atoms with E-state index in [2.05, 4.69) is 41.4 Å². The van der Waals surface area contributed by atoms with Crippen molar-refractivity contribution in [3.8, 4) is 0 Å². The van der Waals surface area contributed by atoms with Crippen LogP contribution in [0.15, 0.2) is 48.2 Å². The third kappa shape index (κ3) is 3.36. The zero-order chi connectivity index (χ0) is 19.0. The first kappa shape index (κ1) is 17.8. The Morgan fingerprint density at radius 3 is 2.93 bits per heavy atom. The molecule has 0 aliphatic carbocycles. The van der Waals surface area contributed by atoms with Gasteiger partial charge < -0.3 is 10.2 Å². The van der Waals surface area contributed by atoms with Gasteiger partial charge in [0.25, 0.3) is 0 Å². The molecular weight excluding hydrogens is 339 g/mol. The number of allylic oxidation sites excluding steroid dienone is 1. The Bertz CT molecular complexity index is 919. The van der Waals surface area contributed by atoms with Crippen molar-refractivity contribution in [2.75, 3.05) is 23.3 Å². The minimum Gasteiger partial charge on any atom is -0.384 e. The van der Waals surface area contributed by atoms with E-state index in [1.807, 2.05) is 6.07 Å². The Morgan fingerprint density at radius 1 is 1.30 bits per heavy atom. The molecule has 3 nitrogen and oxygen atoms in total. The third-order valence-electron chi connectivity index (χ3n) is 5.46. The van der Waals surface area contributed by atoms with Gasteiger partial charge in [0, 0.05) is 42.5 Å². The van der Waals surface area contributed by atoms with Crippen LogP contribution in [0.5, 0.6) is 0 Å². The first-order valence-corrected chi connectivity index (χ1v) is 9.69. The van der Waals surface area contributed by atoms with E-state index >= 15 is 0 Å². The Hall–Kier alpha value is -2.62. The molecule has 2 aromatic rings. The summed E-state index contributed by atoms with van der Waals surface area (Å²) < 4.78 is 13.6. The highest BCUT2D eigenvalue weighted by atomic mass is 19.1. The number of carbonyl (C=O) groups is 1. The molecule has 0 radical (unpaired) electrons. The second-order valence-electron chi connectivity index (χ2n) is 7.45. The van der Waals surface area contributed by atoms with Crippen LogP contribution in [-0.2, 0) is 17.6 Å². The van der Waals surface area contributed by atoms with Gasteiger partial charge >= 0.3 is 0 Å². The lowest BCUT2D eigenvalue weighted by atomic mass is 9.95. The van der Waals surface area contributed by atoms with Crippen molar-refractivity contribution in [3.05, 3.63) is 70.7 Å². The van der Waals surface area contributed by atoms with Crippen molar-refractivity contribution < 1.29 is 9.18 Å². The van der Waals surface area contributed by atoms with Crippen molar-refractivity contribution in [1.82, 2.24) is 0 Å². The summed E-state index contributed by atoms with van der Waals surface area (Å²) in [4.78, 5) is 13.8. The second kappa shape index (κ2) is 7.18. The normalized spacial score (nSPS) is 18.3. The van der Waals surface area contributed by atoms with Gasteiger partial charge in [-0.05, 0) is 54.7 Å². The van der Waals surface area contributed by atoms with Crippen LogP contribution < -0.4 is 10.2 Å². The minimum atomic E-state index is -0.201. The van der Waals surface area contributed by atoms with E-state index in [0.717, 1.165) is 42.7 Å². The van der Waals surface area contributed by atoms with Gasteiger partial charge in [-0.25, -0.2) is 4.39 Å². The lowest BCUT2D eigenvalue weighted by Gasteiger charge is -2.28. The molecule has 4 rings (SSSR count). The molecule has 0 saturated heterocycles. The molecule has 0 amide bonds. The van der Waals surface area contributed by atoms with Gasteiger partial charge in [-0.2, -0.15) is 0 Å². The first-order chi connectivity index (χ1) is 13.1. The summed E-state index contributed by atoms with van der Waals surface area (Å²) in [5, 5.41) is 3.36. The zero-order valence-electron chi connectivity index (χ0n) is 15.9. The molecule has 0 bridgehead atoms. The summed E-state index contributed by atoms with van der Waals surface area (Å²) in [7, 11) is 0. The van der Waals surface area contributed by atoms with E-state index in [4.69, 9.17) is 0 Å². The number of rotatable bonds is 5. The fourth-order valence-electron chi connectivity index (χ4n) is 4.34. The Balaban J connectivity index is 1.67.